The Bertz CT molecular complexity index is 268. The van der Waals surface area contributed by atoms with E-state index in [-0.39, 0.29) is 12.1 Å². The highest BCUT2D eigenvalue weighted by atomic mass is 16.3. The molecule has 1 rings (SSSR count). The first kappa shape index (κ1) is 10.2. The summed E-state index contributed by atoms with van der Waals surface area (Å²) in [4.78, 5) is 7.20. The van der Waals surface area contributed by atoms with E-state index in [0.717, 1.165) is 11.5 Å². The normalized spacial score (nSPS) is 12.0. The maximum absolute atomic E-state index is 8.99. The van der Waals surface area contributed by atoms with Gasteiger partial charge in [0.05, 0.1) is 6.61 Å². The molecule has 0 bridgehead atoms. The number of aryl methyl sites for hydroxylation is 1. The van der Waals surface area contributed by atoms with Crippen LogP contribution in [-0.2, 0) is 6.54 Å². The van der Waals surface area contributed by atoms with Crippen LogP contribution in [0.3, 0.4) is 0 Å². The van der Waals surface area contributed by atoms with Gasteiger partial charge in [0.25, 0.3) is 0 Å². The summed E-state index contributed by atoms with van der Waals surface area (Å²) in [7, 11) is 0. The molecular weight excluding hydrogens is 166 g/mol. The minimum atomic E-state index is -0.237. The number of H-pyrrole nitrogens is 1. The number of aromatic nitrogens is 2. The smallest absolute Gasteiger partial charge is 0.103 e. The molecule has 1 aromatic heterocycles. The van der Waals surface area contributed by atoms with Gasteiger partial charge in [0.2, 0.25) is 0 Å². The molecule has 3 N–H and O–H groups in total. The summed E-state index contributed by atoms with van der Waals surface area (Å²) in [5.41, 5.74) is 0.804. The molecule has 74 valence electrons. The molecule has 0 radical (unpaired) electrons. The van der Waals surface area contributed by atoms with Gasteiger partial charge in [0, 0.05) is 24.0 Å². The molecule has 0 unspecified atom stereocenters. The molecular formula is C9H17N3O. The average Bonchev–Trinajstić information content (AvgIpc) is 2.48. The van der Waals surface area contributed by atoms with Gasteiger partial charge in [0.15, 0.2) is 0 Å². The first-order valence-corrected chi connectivity index (χ1v) is 4.40. The van der Waals surface area contributed by atoms with Crippen LogP contribution in [0.15, 0.2) is 6.20 Å². The van der Waals surface area contributed by atoms with Crippen LogP contribution in [-0.4, -0.2) is 27.2 Å². The van der Waals surface area contributed by atoms with Crippen LogP contribution < -0.4 is 5.32 Å². The van der Waals surface area contributed by atoms with Crippen molar-refractivity contribution in [1.82, 2.24) is 15.3 Å². The summed E-state index contributed by atoms with van der Waals surface area (Å²) >= 11 is 0. The van der Waals surface area contributed by atoms with Crippen molar-refractivity contribution >= 4 is 0 Å². The lowest BCUT2D eigenvalue weighted by Crippen LogP contribution is -2.42. The van der Waals surface area contributed by atoms with Crippen LogP contribution in [0.1, 0.15) is 25.4 Å². The maximum Gasteiger partial charge on any atom is 0.103 e. The molecule has 0 fully saturated rings. The number of aromatic amines is 1. The van der Waals surface area contributed by atoms with E-state index in [1.54, 1.807) is 6.20 Å². The number of nitrogens with zero attached hydrogens (tertiary/aromatic N) is 1. The van der Waals surface area contributed by atoms with E-state index in [0.29, 0.717) is 6.54 Å². The second-order valence-corrected chi connectivity index (χ2v) is 3.89. The van der Waals surface area contributed by atoms with Crippen LogP contribution >= 0.6 is 0 Å². The van der Waals surface area contributed by atoms with Gasteiger partial charge in [0.1, 0.15) is 5.82 Å². The highest BCUT2D eigenvalue weighted by Crippen LogP contribution is 2.02. The Morgan fingerprint density at radius 1 is 1.62 bits per heavy atom. The quantitative estimate of drug-likeness (QED) is 0.640. The number of aliphatic hydroxyl groups excluding tert-OH is 1. The van der Waals surface area contributed by atoms with Gasteiger partial charge >= 0.3 is 0 Å². The third kappa shape index (κ3) is 3.16. The van der Waals surface area contributed by atoms with Crippen molar-refractivity contribution in [3.05, 3.63) is 17.7 Å². The van der Waals surface area contributed by atoms with E-state index in [1.807, 2.05) is 20.8 Å². The molecule has 0 aliphatic rings. The third-order valence-electron chi connectivity index (χ3n) is 1.91. The van der Waals surface area contributed by atoms with Crippen molar-refractivity contribution in [2.45, 2.75) is 32.9 Å². The Labute approximate surface area is 78.4 Å². The molecule has 0 amide bonds. The lowest BCUT2D eigenvalue weighted by atomic mass is 10.1. The summed E-state index contributed by atoms with van der Waals surface area (Å²) in [6.45, 7) is 6.65. The molecule has 0 spiro atoms. The molecule has 1 aromatic rings. The Morgan fingerprint density at radius 2 is 2.31 bits per heavy atom. The molecule has 0 aromatic carbocycles. The molecule has 0 aliphatic heterocycles. The van der Waals surface area contributed by atoms with Gasteiger partial charge in [-0.1, -0.05) is 0 Å². The van der Waals surface area contributed by atoms with Gasteiger partial charge < -0.3 is 15.4 Å². The summed E-state index contributed by atoms with van der Waals surface area (Å²) in [5, 5.41) is 12.2. The topological polar surface area (TPSA) is 60.9 Å². The number of nitrogens with one attached hydrogen (secondary N) is 2. The zero-order chi connectivity index (χ0) is 9.90. The van der Waals surface area contributed by atoms with E-state index < -0.39 is 0 Å². The molecule has 4 heteroatoms. The van der Waals surface area contributed by atoms with Gasteiger partial charge in [-0.3, -0.25) is 0 Å². The van der Waals surface area contributed by atoms with Crippen LogP contribution in [0.4, 0.5) is 0 Å². The molecule has 1 heterocycles. The summed E-state index contributed by atoms with van der Waals surface area (Å²) in [6.07, 6.45) is 1.80. The number of hydrogen-bond donors (Lipinski definition) is 3. The van der Waals surface area contributed by atoms with Crippen molar-refractivity contribution in [3.63, 3.8) is 0 Å². The molecule has 0 atom stereocenters. The van der Waals surface area contributed by atoms with Crippen LogP contribution in [0, 0.1) is 6.92 Å². The van der Waals surface area contributed by atoms with Crippen molar-refractivity contribution < 1.29 is 5.11 Å². The highest BCUT2D eigenvalue weighted by Gasteiger charge is 2.14. The molecule has 0 aliphatic carbocycles. The van der Waals surface area contributed by atoms with E-state index >= 15 is 0 Å². The van der Waals surface area contributed by atoms with Crippen LogP contribution in [0.2, 0.25) is 0 Å². The predicted molar refractivity (Wildman–Crippen MR) is 51.3 cm³/mol. The summed E-state index contributed by atoms with van der Waals surface area (Å²) < 4.78 is 0. The average molecular weight is 183 g/mol. The van der Waals surface area contributed by atoms with Crippen molar-refractivity contribution in [2.24, 2.45) is 0 Å². The minimum Gasteiger partial charge on any atom is -0.394 e. The predicted octanol–water partition coefficient (Wildman–Crippen LogP) is 0.579. The van der Waals surface area contributed by atoms with Crippen LogP contribution in [0.5, 0.6) is 0 Å². The lowest BCUT2D eigenvalue weighted by Gasteiger charge is -2.22. The first-order valence-electron chi connectivity index (χ1n) is 4.40. The van der Waals surface area contributed by atoms with Crippen molar-refractivity contribution in [3.8, 4) is 0 Å². The van der Waals surface area contributed by atoms with E-state index in [4.69, 9.17) is 5.11 Å². The van der Waals surface area contributed by atoms with Gasteiger partial charge in [-0.25, -0.2) is 4.98 Å². The Kier molecular flexibility index (Phi) is 3.06. The molecule has 0 saturated carbocycles. The number of imidazole rings is 1. The SMILES string of the molecule is Cc1ncc(CNC(C)(C)CO)[nH]1. The second kappa shape index (κ2) is 3.89. The zero-order valence-corrected chi connectivity index (χ0v) is 8.39. The minimum absolute atomic E-state index is 0.125. The standard InChI is InChI=1S/C9H17N3O/c1-7-10-4-8(12-7)5-11-9(2,3)6-13/h4,11,13H,5-6H2,1-3H3,(H,10,12). The fourth-order valence-corrected chi connectivity index (χ4v) is 0.952. The number of hydrogen-bond acceptors (Lipinski definition) is 3. The largest absolute Gasteiger partial charge is 0.394 e. The van der Waals surface area contributed by atoms with Crippen molar-refractivity contribution in [1.29, 1.82) is 0 Å². The molecule has 0 saturated heterocycles. The fraction of sp³-hybridized carbons (Fsp3) is 0.667. The monoisotopic (exact) mass is 183 g/mol. The highest BCUT2D eigenvalue weighted by molar-refractivity contribution is 5.00. The van der Waals surface area contributed by atoms with Crippen molar-refractivity contribution in [2.75, 3.05) is 6.61 Å². The van der Waals surface area contributed by atoms with E-state index in [1.165, 1.54) is 0 Å². The summed E-state index contributed by atoms with van der Waals surface area (Å²) in [6, 6.07) is 0. The van der Waals surface area contributed by atoms with E-state index in [9.17, 15) is 0 Å². The second-order valence-electron chi connectivity index (χ2n) is 3.89. The zero-order valence-electron chi connectivity index (χ0n) is 8.39. The Hall–Kier alpha value is -0.870. The Balaban J connectivity index is 2.43. The molecule has 4 nitrogen and oxygen atoms in total. The van der Waals surface area contributed by atoms with Gasteiger partial charge in [-0.15, -0.1) is 0 Å². The Morgan fingerprint density at radius 3 is 2.77 bits per heavy atom. The lowest BCUT2D eigenvalue weighted by molar-refractivity contribution is 0.187. The third-order valence-corrected chi connectivity index (χ3v) is 1.91. The molecule has 13 heavy (non-hydrogen) atoms. The van der Waals surface area contributed by atoms with Crippen LogP contribution in [0.25, 0.3) is 0 Å². The van der Waals surface area contributed by atoms with E-state index in [2.05, 4.69) is 15.3 Å². The number of rotatable bonds is 4. The van der Waals surface area contributed by atoms with Gasteiger partial charge in [-0.05, 0) is 20.8 Å². The fourth-order valence-electron chi connectivity index (χ4n) is 0.952. The number of aliphatic hydroxyl groups is 1. The first-order chi connectivity index (χ1) is 6.03. The maximum atomic E-state index is 8.99. The summed E-state index contributed by atoms with van der Waals surface area (Å²) in [5.74, 6) is 0.915. The van der Waals surface area contributed by atoms with Gasteiger partial charge in [-0.2, -0.15) is 0 Å².